The van der Waals surface area contributed by atoms with Gasteiger partial charge in [-0.3, -0.25) is 4.98 Å². The van der Waals surface area contributed by atoms with E-state index in [-0.39, 0.29) is 6.10 Å². The van der Waals surface area contributed by atoms with Crippen molar-refractivity contribution in [3.05, 3.63) is 43.0 Å². The van der Waals surface area contributed by atoms with Gasteiger partial charge < -0.3 is 20.8 Å². The Balaban J connectivity index is 1.67. The Morgan fingerprint density at radius 1 is 1.04 bits per heavy atom. The molecule has 0 bridgehead atoms. The molecule has 1 aliphatic heterocycles. The molecule has 0 aliphatic carbocycles. The van der Waals surface area contributed by atoms with E-state index in [0.717, 1.165) is 59.0 Å². The lowest BCUT2D eigenvalue weighted by Crippen LogP contribution is -2.34. The van der Waals surface area contributed by atoms with Gasteiger partial charge in [-0.1, -0.05) is 0 Å². The summed E-state index contributed by atoms with van der Waals surface area (Å²) >= 11 is 0. The van der Waals surface area contributed by atoms with E-state index in [4.69, 9.17) is 10.5 Å². The van der Waals surface area contributed by atoms with E-state index in [0.29, 0.717) is 11.6 Å². The van der Waals surface area contributed by atoms with E-state index in [1.165, 1.54) is 0 Å². The molecule has 4 aromatic rings. The van der Waals surface area contributed by atoms with Gasteiger partial charge in [0.15, 0.2) is 11.6 Å². The van der Waals surface area contributed by atoms with Crippen LogP contribution in [0, 0.1) is 0 Å². The van der Waals surface area contributed by atoms with E-state index < -0.39 is 0 Å². The third-order valence-electron chi connectivity index (χ3n) is 5.06. The van der Waals surface area contributed by atoms with Gasteiger partial charge in [-0.2, -0.15) is 0 Å². The minimum absolute atomic E-state index is 0.141. The van der Waals surface area contributed by atoms with Gasteiger partial charge in [-0.25, -0.2) is 9.97 Å². The number of anilines is 1. The lowest BCUT2D eigenvalue weighted by molar-refractivity contribution is 0.165. The zero-order chi connectivity index (χ0) is 18.2. The van der Waals surface area contributed by atoms with Crippen molar-refractivity contribution in [1.29, 1.82) is 0 Å². The van der Waals surface area contributed by atoms with Crippen LogP contribution < -0.4 is 15.8 Å². The standard InChI is InChI=1S/C20H20N6O/c21-19-18(27-14-3-7-23-8-4-14)17-15-9-13(12-1-5-22-6-2-12)10-25-20(15)26-16(17)11-24-19/h1-2,5-6,9-11,14,23H,3-4,7-8H2,(H2,21,24)(H,25,26). The number of nitrogens with zero attached hydrogens (tertiary/aromatic N) is 3. The molecule has 1 fully saturated rings. The first-order valence-electron chi connectivity index (χ1n) is 9.13. The molecule has 5 rings (SSSR count). The van der Waals surface area contributed by atoms with Gasteiger partial charge in [-0.15, -0.1) is 0 Å². The molecule has 1 aliphatic rings. The third kappa shape index (κ3) is 2.86. The number of aromatic nitrogens is 4. The van der Waals surface area contributed by atoms with E-state index in [2.05, 4.69) is 31.3 Å². The number of nitrogens with two attached hydrogens (primary N) is 1. The number of H-pyrrole nitrogens is 1. The van der Waals surface area contributed by atoms with Crippen molar-refractivity contribution in [2.45, 2.75) is 18.9 Å². The molecule has 136 valence electrons. The Morgan fingerprint density at radius 3 is 2.67 bits per heavy atom. The Hall–Kier alpha value is -3.19. The molecule has 0 unspecified atom stereocenters. The summed E-state index contributed by atoms with van der Waals surface area (Å²) in [6.45, 7) is 1.91. The number of hydrogen-bond acceptors (Lipinski definition) is 6. The average Bonchev–Trinajstić information content (AvgIpc) is 3.10. The van der Waals surface area contributed by atoms with Crippen LogP contribution in [0.2, 0.25) is 0 Å². The maximum absolute atomic E-state index is 6.33. The van der Waals surface area contributed by atoms with Crippen LogP contribution in [-0.2, 0) is 0 Å². The quantitative estimate of drug-likeness (QED) is 0.519. The van der Waals surface area contributed by atoms with Gasteiger partial charge in [0, 0.05) is 29.5 Å². The average molecular weight is 360 g/mol. The van der Waals surface area contributed by atoms with E-state index in [1.54, 1.807) is 18.6 Å². The molecule has 1 saturated heterocycles. The summed E-state index contributed by atoms with van der Waals surface area (Å²) < 4.78 is 6.33. The summed E-state index contributed by atoms with van der Waals surface area (Å²) in [5.41, 5.74) is 9.97. The minimum atomic E-state index is 0.141. The molecular formula is C20H20N6O. The summed E-state index contributed by atoms with van der Waals surface area (Å²) in [7, 11) is 0. The Kier molecular flexibility index (Phi) is 3.86. The molecule has 0 spiro atoms. The largest absolute Gasteiger partial charge is 0.486 e. The molecule has 4 N–H and O–H groups in total. The van der Waals surface area contributed by atoms with Crippen LogP contribution in [0.1, 0.15) is 12.8 Å². The Morgan fingerprint density at radius 2 is 1.85 bits per heavy atom. The molecule has 27 heavy (non-hydrogen) atoms. The van der Waals surface area contributed by atoms with Crippen LogP contribution in [0.15, 0.2) is 43.0 Å². The fourth-order valence-corrected chi connectivity index (χ4v) is 3.65. The predicted molar refractivity (Wildman–Crippen MR) is 106 cm³/mol. The smallest absolute Gasteiger partial charge is 0.171 e. The van der Waals surface area contributed by atoms with Crippen molar-refractivity contribution in [1.82, 2.24) is 25.3 Å². The second-order valence-electron chi connectivity index (χ2n) is 6.81. The zero-order valence-electron chi connectivity index (χ0n) is 14.8. The summed E-state index contributed by atoms with van der Waals surface area (Å²) in [5, 5.41) is 5.28. The number of nitrogen functional groups attached to an aromatic ring is 1. The second kappa shape index (κ2) is 6.51. The van der Waals surface area contributed by atoms with Gasteiger partial charge in [0.2, 0.25) is 0 Å². The van der Waals surface area contributed by atoms with Gasteiger partial charge in [0.25, 0.3) is 0 Å². The highest BCUT2D eigenvalue weighted by Gasteiger charge is 2.21. The lowest BCUT2D eigenvalue weighted by atomic mass is 10.1. The maximum Gasteiger partial charge on any atom is 0.171 e. The summed E-state index contributed by atoms with van der Waals surface area (Å²) in [6, 6.07) is 6.06. The van der Waals surface area contributed by atoms with Crippen molar-refractivity contribution in [2.75, 3.05) is 18.8 Å². The number of hydrogen-bond donors (Lipinski definition) is 3. The van der Waals surface area contributed by atoms with Crippen molar-refractivity contribution in [3.8, 4) is 16.9 Å². The molecule has 7 heteroatoms. The number of piperidine rings is 1. The van der Waals surface area contributed by atoms with Crippen LogP contribution >= 0.6 is 0 Å². The first kappa shape index (κ1) is 16.0. The first-order valence-corrected chi connectivity index (χ1v) is 9.13. The highest BCUT2D eigenvalue weighted by molar-refractivity contribution is 6.11. The molecule has 7 nitrogen and oxygen atoms in total. The number of pyridine rings is 3. The van der Waals surface area contributed by atoms with E-state index >= 15 is 0 Å². The molecule has 0 atom stereocenters. The first-order chi connectivity index (χ1) is 13.3. The highest BCUT2D eigenvalue weighted by Crippen LogP contribution is 2.38. The fourth-order valence-electron chi connectivity index (χ4n) is 3.65. The summed E-state index contributed by atoms with van der Waals surface area (Å²) in [6.07, 6.45) is 9.22. The fraction of sp³-hybridized carbons (Fsp3) is 0.250. The van der Waals surface area contributed by atoms with Crippen LogP contribution in [-0.4, -0.2) is 39.1 Å². The van der Waals surface area contributed by atoms with Crippen LogP contribution in [0.25, 0.3) is 33.1 Å². The van der Waals surface area contributed by atoms with Gasteiger partial charge in [0.1, 0.15) is 11.8 Å². The minimum Gasteiger partial charge on any atom is -0.486 e. The normalized spacial score (nSPS) is 15.4. The molecular weight excluding hydrogens is 340 g/mol. The SMILES string of the molecule is Nc1ncc2[nH]c3ncc(-c4ccncc4)cc3c2c1OC1CCNCC1. The van der Waals surface area contributed by atoms with Gasteiger partial charge in [-0.05, 0) is 49.7 Å². The van der Waals surface area contributed by atoms with Crippen molar-refractivity contribution in [2.24, 2.45) is 0 Å². The molecule has 0 aromatic carbocycles. The van der Waals surface area contributed by atoms with Crippen molar-refractivity contribution in [3.63, 3.8) is 0 Å². The topological polar surface area (TPSA) is 102 Å². The molecule has 0 saturated carbocycles. The highest BCUT2D eigenvalue weighted by atomic mass is 16.5. The van der Waals surface area contributed by atoms with Crippen molar-refractivity contribution < 1.29 is 4.74 Å². The van der Waals surface area contributed by atoms with Crippen LogP contribution in [0.4, 0.5) is 5.82 Å². The van der Waals surface area contributed by atoms with Crippen LogP contribution in [0.5, 0.6) is 5.75 Å². The summed E-state index contributed by atoms with van der Waals surface area (Å²) in [5.74, 6) is 1.07. The Labute approximate surface area is 156 Å². The number of aromatic amines is 1. The number of ether oxygens (including phenoxy) is 1. The molecule has 4 aromatic heterocycles. The van der Waals surface area contributed by atoms with Gasteiger partial charge in [0.05, 0.1) is 17.1 Å². The van der Waals surface area contributed by atoms with Crippen molar-refractivity contribution >= 4 is 27.8 Å². The van der Waals surface area contributed by atoms with E-state index in [9.17, 15) is 0 Å². The molecule has 5 heterocycles. The lowest BCUT2D eigenvalue weighted by Gasteiger charge is -2.24. The number of rotatable bonds is 3. The number of fused-ring (bicyclic) bond motifs is 3. The predicted octanol–water partition coefficient (Wildman–Crippen LogP) is 2.89. The molecule has 0 radical (unpaired) electrons. The second-order valence-corrected chi connectivity index (χ2v) is 6.81. The number of nitrogens with one attached hydrogen (secondary N) is 2. The van der Waals surface area contributed by atoms with Crippen LogP contribution in [0.3, 0.4) is 0 Å². The van der Waals surface area contributed by atoms with Gasteiger partial charge >= 0.3 is 0 Å². The zero-order valence-corrected chi connectivity index (χ0v) is 14.8. The monoisotopic (exact) mass is 360 g/mol. The third-order valence-corrected chi connectivity index (χ3v) is 5.06. The summed E-state index contributed by atoms with van der Waals surface area (Å²) in [4.78, 5) is 16.3. The maximum atomic E-state index is 6.33. The Bertz CT molecular complexity index is 1100. The molecule has 0 amide bonds. The van der Waals surface area contributed by atoms with E-state index in [1.807, 2.05) is 18.3 Å².